The number of carbonyl (C=O) groups excluding carboxylic acids is 2. The second kappa shape index (κ2) is 11.4. The van der Waals surface area contributed by atoms with Gasteiger partial charge < -0.3 is 26.6 Å². The van der Waals surface area contributed by atoms with E-state index in [1.807, 2.05) is 24.3 Å². The lowest BCUT2D eigenvalue weighted by Gasteiger charge is -2.37. The van der Waals surface area contributed by atoms with E-state index in [0.29, 0.717) is 44.0 Å². The first-order valence-electron chi connectivity index (χ1n) is 12.9. The van der Waals surface area contributed by atoms with Crippen LogP contribution in [0.3, 0.4) is 0 Å². The monoisotopic (exact) mass is 510 g/mol. The van der Waals surface area contributed by atoms with Crippen molar-refractivity contribution in [2.45, 2.75) is 57.2 Å². The molecule has 0 bridgehead atoms. The van der Waals surface area contributed by atoms with E-state index in [-0.39, 0.29) is 17.8 Å². The molecule has 1 saturated heterocycles. The van der Waals surface area contributed by atoms with Gasteiger partial charge in [0.2, 0.25) is 5.91 Å². The Balaban J connectivity index is 1.28. The van der Waals surface area contributed by atoms with Gasteiger partial charge in [-0.05, 0) is 69.8 Å². The van der Waals surface area contributed by atoms with E-state index >= 15 is 0 Å². The Bertz CT molecular complexity index is 1150. The highest BCUT2D eigenvalue weighted by Crippen LogP contribution is 2.17. The Labute approximate surface area is 217 Å². The number of hydrogen-bond acceptors (Lipinski definition) is 7. The zero-order valence-electron chi connectivity index (χ0n) is 21.7. The Morgan fingerprint density at radius 2 is 1.73 bits per heavy atom. The van der Waals surface area contributed by atoms with E-state index in [0.717, 1.165) is 32.2 Å². The summed E-state index contributed by atoms with van der Waals surface area (Å²) >= 11 is 0. The van der Waals surface area contributed by atoms with E-state index in [9.17, 15) is 14.4 Å². The molecule has 2 heterocycles. The number of piperazine rings is 1. The van der Waals surface area contributed by atoms with Crippen molar-refractivity contribution in [1.29, 1.82) is 0 Å². The van der Waals surface area contributed by atoms with Crippen molar-refractivity contribution in [3.8, 4) is 5.69 Å². The van der Waals surface area contributed by atoms with Gasteiger partial charge in [-0.2, -0.15) is 4.98 Å². The fourth-order valence-corrected chi connectivity index (χ4v) is 4.82. The molecule has 2 aliphatic rings. The minimum absolute atomic E-state index is 0.142. The third-order valence-electron chi connectivity index (χ3n) is 6.98. The van der Waals surface area contributed by atoms with Crippen LogP contribution in [0.25, 0.3) is 5.69 Å². The molecule has 1 aromatic carbocycles. The molecule has 0 radical (unpaired) electrons. The highest BCUT2D eigenvalue weighted by molar-refractivity contribution is 5.89. The molecule has 2 aromatic rings. The number of benzene rings is 1. The lowest BCUT2D eigenvalue weighted by molar-refractivity contribution is -0.137. The van der Waals surface area contributed by atoms with Gasteiger partial charge in [0.15, 0.2) is 0 Å². The first kappa shape index (κ1) is 26.8. The number of nitrogens with two attached hydrogens (primary N) is 2. The van der Waals surface area contributed by atoms with E-state index in [4.69, 9.17) is 11.5 Å². The van der Waals surface area contributed by atoms with Crippen LogP contribution in [-0.4, -0.2) is 81.6 Å². The topological polar surface area (TPSA) is 152 Å². The summed E-state index contributed by atoms with van der Waals surface area (Å²) in [6.07, 6.45) is 5.76. The summed E-state index contributed by atoms with van der Waals surface area (Å²) in [5.41, 5.74) is 12.3. The SMILES string of the molecule is CC(C)(N)C(=O)N1CCN(C(=O)Nc2ccn(-c3ccc(CCNC4CCC(N)C4)cc3)c(=O)n2)CC1. The molecule has 0 spiro atoms. The van der Waals surface area contributed by atoms with E-state index in [1.165, 1.54) is 10.1 Å². The van der Waals surface area contributed by atoms with Gasteiger partial charge in [-0.25, -0.2) is 9.59 Å². The van der Waals surface area contributed by atoms with Crippen molar-refractivity contribution in [1.82, 2.24) is 24.7 Å². The maximum Gasteiger partial charge on any atom is 0.354 e. The van der Waals surface area contributed by atoms with Gasteiger partial charge in [-0.15, -0.1) is 0 Å². The molecule has 11 nitrogen and oxygen atoms in total. The third kappa shape index (κ3) is 6.94. The average molecular weight is 511 g/mol. The number of nitrogens with one attached hydrogen (secondary N) is 2. The number of hydrogen-bond donors (Lipinski definition) is 4. The highest BCUT2D eigenvalue weighted by Gasteiger charge is 2.31. The maximum absolute atomic E-state index is 12.7. The van der Waals surface area contributed by atoms with E-state index in [1.54, 1.807) is 35.9 Å². The Kier molecular flexibility index (Phi) is 8.25. The molecule has 37 heavy (non-hydrogen) atoms. The zero-order chi connectivity index (χ0) is 26.6. The Morgan fingerprint density at radius 3 is 2.32 bits per heavy atom. The van der Waals surface area contributed by atoms with Crippen LogP contribution in [0.15, 0.2) is 41.3 Å². The lowest BCUT2D eigenvalue weighted by Crippen LogP contribution is -2.58. The molecule has 4 rings (SSSR count). The summed E-state index contributed by atoms with van der Waals surface area (Å²) in [4.78, 5) is 44.9. The van der Waals surface area contributed by atoms with Gasteiger partial charge in [0.05, 0.1) is 11.2 Å². The van der Waals surface area contributed by atoms with E-state index < -0.39 is 11.2 Å². The molecule has 1 aromatic heterocycles. The zero-order valence-corrected chi connectivity index (χ0v) is 21.7. The van der Waals surface area contributed by atoms with Crippen molar-refractivity contribution < 1.29 is 9.59 Å². The maximum atomic E-state index is 12.7. The van der Waals surface area contributed by atoms with Gasteiger partial charge in [-0.3, -0.25) is 14.7 Å². The molecule has 1 aliphatic carbocycles. The lowest BCUT2D eigenvalue weighted by atomic mass is 10.1. The second-order valence-electron chi connectivity index (χ2n) is 10.5. The largest absolute Gasteiger partial charge is 0.354 e. The van der Waals surface area contributed by atoms with Crippen LogP contribution in [0.1, 0.15) is 38.7 Å². The number of urea groups is 1. The number of aromatic nitrogens is 2. The van der Waals surface area contributed by atoms with Gasteiger partial charge in [0.25, 0.3) is 0 Å². The van der Waals surface area contributed by atoms with Crippen LogP contribution in [0, 0.1) is 0 Å². The Hall–Kier alpha value is -3.28. The summed E-state index contributed by atoms with van der Waals surface area (Å²) in [5, 5.41) is 6.25. The molecule has 11 heteroatoms. The molecule has 2 atom stereocenters. The van der Waals surface area contributed by atoms with Crippen molar-refractivity contribution >= 4 is 17.8 Å². The van der Waals surface area contributed by atoms with Crippen LogP contribution < -0.4 is 27.8 Å². The standard InChI is InChI=1S/C26H38N8O3/c1-26(2,28)23(35)32-13-15-33(16-14-32)24(36)30-22-10-12-34(25(37)31-22)21-7-3-18(4-8-21)9-11-29-20-6-5-19(27)17-20/h3-4,7-8,10,12,19-20,29H,5-6,9,11,13-17,27-28H2,1-2H3,(H,30,31,36,37). The third-order valence-corrected chi connectivity index (χ3v) is 6.98. The van der Waals surface area contributed by atoms with Crippen LogP contribution >= 0.6 is 0 Å². The number of anilines is 1. The summed E-state index contributed by atoms with van der Waals surface area (Å²) in [6.45, 7) is 5.79. The first-order valence-corrected chi connectivity index (χ1v) is 12.9. The van der Waals surface area contributed by atoms with Crippen molar-refractivity contribution in [2.24, 2.45) is 11.5 Å². The molecule has 1 aliphatic heterocycles. The van der Waals surface area contributed by atoms with Gasteiger partial charge >= 0.3 is 11.7 Å². The average Bonchev–Trinajstić information content (AvgIpc) is 3.28. The molecule has 2 unspecified atom stereocenters. The van der Waals surface area contributed by atoms with Crippen molar-refractivity contribution in [3.63, 3.8) is 0 Å². The number of rotatable bonds is 7. The quantitative estimate of drug-likeness (QED) is 0.427. The smallest absolute Gasteiger partial charge is 0.338 e. The molecule has 1 saturated carbocycles. The number of nitrogens with zero attached hydrogens (tertiary/aromatic N) is 4. The molecular weight excluding hydrogens is 472 g/mol. The van der Waals surface area contributed by atoms with Gasteiger partial charge in [0.1, 0.15) is 5.82 Å². The van der Waals surface area contributed by atoms with Crippen LogP contribution in [-0.2, 0) is 11.2 Å². The minimum Gasteiger partial charge on any atom is -0.338 e. The number of carbonyl (C=O) groups is 2. The first-order chi connectivity index (χ1) is 17.6. The van der Waals surface area contributed by atoms with E-state index in [2.05, 4.69) is 15.6 Å². The minimum atomic E-state index is -0.945. The second-order valence-corrected chi connectivity index (χ2v) is 10.5. The molecular formula is C26H38N8O3. The predicted octanol–water partition coefficient (Wildman–Crippen LogP) is 0.658. The Morgan fingerprint density at radius 1 is 1.05 bits per heavy atom. The normalized spacial score (nSPS) is 20.2. The summed E-state index contributed by atoms with van der Waals surface area (Å²) in [5.74, 6) is 0.0407. The molecule has 3 amide bonds. The van der Waals surface area contributed by atoms with Crippen molar-refractivity contribution in [2.75, 3.05) is 38.0 Å². The fourth-order valence-electron chi connectivity index (χ4n) is 4.82. The highest BCUT2D eigenvalue weighted by atomic mass is 16.2. The summed E-state index contributed by atoms with van der Waals surface area (Å²) in [7, 11) is 0. The van der Waals surface area contributed by atoms with Crippen LogP contribution in [0.5, 0.6) is 0 Å². The number of amides is 3. The van der Waals surface area contributed by atoms with Gasteiger partial charge in [-0.1, -0.05) is 12.1 Å². The predicted molar refractivity (Wildman–Crippen MR) is 143 cm³/mol. The molecule has 6 N–H and O–H groups in total. The molecule has 200 valence electrons. The fraction of sp³-hybridized carbons (Fsp3) is 0.538. The summed E-state index contributed by atoms with van der Waals surface area (Å²) in [6, 6.07) is 9.87. The van der Waals surface area contributed by atoms with Crippen LogP contribution in [0.4, 0.5) is 10.6 Å². The van der Waals surface area contributed by atoms with Gasteiger partial charge in [0, 0.05) is 44.5 Å². The molecule has 2 fully saturated rings. The van der Waals surface area contributed by atoms with Crippen LogP contribution in [0.2, 0.25) is 0 Å². The van der Waals surface area contributed by atoms with Crippen molar-refractivity contribution in [3.05, 3.63) is 52.6 Å². The summed E-state index contributed by atoms with van der Waals surface area (Å²) < 4.78 is 1.44.